The van der Waals surface area contributed by atoms with E-state index in [0.29, 0.717) is 62.1 Å². The normalized spacial score (nSPS) is 21.3. The molecule has 0 unspecified atom stereocenters. The van der Waals surface area contributed by atoms with Crippen molar-refractivity contribution in [2.75, 3.05) is 52.9 Å². The van der Waals surface area contributed by atoms with Crippen LogP contribution in [-0.2, 0) is 17.9 Å². The van der Waals surface area contributed by atoms with Crippen LogP contribution in [0.4, 0.5) is 0 Å². The van der Waals surface area contributed by atoms with E-state index in [9.17, 15) is 19.2 Å². The number of aromatic nitrogens is 2. The Hall–Kier alpha value is -4.75. The average Bonchev–Trinajstić information content (AvgIpc) is 3.24. The van der Waals surface area contributed by atoms with Crippen LogP contribution in [0.2, 0.25) is 0 Å². The number of fused-ring (bicyclic) bond motifs is 7. The molecule has 13 heteroatoms. The van der Waals surface area contributed by atoms with E-state index < -0.39 is 18.1 Å². The molecule has 46 heavy (non-hydrogen) atoms. The number of nitrogens with one attached hydrogen (secondary N) is 3. The van der Waals surface area contributed by atoms with Crippen LogP contribution in [0.25, 0.3) is 0 Å². The quantitative estimate of drug-likeness (QED) is 0.385. The molecule has 2 aromatic carbocycles. The van der Waals surface area contributed by atoms with Gasteiger partial charge in [-0.05, 0) is 62.8 Å². The molecule has 0 spiro atoms. The summed E-state index contributed by atoms with van der Waals surface area (Å²) in [5.41, 5.74) is 1.85. The maximum Gasteiger partial charge on any atom is 0.258 e. The number of likely N-dealkylation sites (N-methyl/N-ethyl adjacent to an activating group) is 1. The van der Waals surface area contributed by atoms with Crippen molar-refractivity contribution in [1.82, 2.24) is 35.3 Å². The summed E-state index contributed by atoms with van der Waals surface area (Å²) in [4.78, 5) is 65.4. The maximum absolute atomic E-state index is 13.8. The number of H-pyrrole nitrogens is 1. The number of likely N-dealkylation sites (tertiary alicyclic amines) is 1. The lowest BCUT2D eigenvalue weighted by Gasteiger charge is -2.23. The Labute approximate surface area is 266 Å². The highest BCUT2D eigenvalue weighted by Crippen LogP contribution is 2.24. The Balaban J connectivity index is 1.29. The van der Waals surface area contributed by atoms with E-state index in [-0.39, 0.29) is 35.3 Å². The van der Waals surface area contributed by atoms with E-state index in [2.05, 4.69) is 30.4 Å². The van der Waals surface area contributed by atoms with Crippen LogP contribution in [-0.4, -0.2) is 107 Å². The van der Waals surface area contributed by atoms with Gasteiger partial charge in [0.05, 0.1) is 11.7 Å². The zero-order chi connectivity index (χ0) is 32.2. The molecule has 1 aromatic heterocycles. The first-order valence-electron chi connectivity index (χ1n) is 15.6. The number of benzene rings is 2. The zero-order valence-corrected chi connectivity index (χ0v) is 26.1. The molecule has 4 aliphatic heterocycles. The third kappa shape index (κ3) is 7.72. The summed E-state index contributed by atoms with van der Waals surface area (Å²) in [5, 5.41) is 5.96. The fourth-order valence-electron chi connectivity index (χ4n) is 6.07. The van der Waals surface area contributed by atoms with Crippen LogP contribution in [0, 0.1) is 6.92 Å². The Morgan fingerprint density at radius 1 is 0.978 bits per heavy atom. The molecule has 3 N–H and O–H groups in total. The van der Waals surface area contributed by atoms with Gasteiger partial charge in [-0.1, -0.05) is 12.1 Å². The van der Waals surface area contributed by atoms with Crippen molar-refractivity contribution in [2.45, 2.75) is 38.6 Å². The number of amides is 3. The predicted molar refractivity (Wildman–Crippen MR) is 169 cm³/mol. The van der Waals surface area contributed by atoms with Crippen molar-refractivity contribution in [3.05, 3.63) is 87.1 Å². The first-order valence-corrected chi connectivity index (χ1v) is 15.6. The number of hydrogen-bond donors (Lipinski definition) is 3. The van der Waals surface area contributed by atoms with Gasteiger partial charge >= 0.3 is 0 Å². The molecule has 242 valence electrons. The molecule has 4 bridgehead atoms. The highest BCUT2D eigenvalue weighted by Gasteiger charge is 2.36. The monoisotopic (exact) mass is 629 g/mol. The average molecular weight is 630 g/mol. The molecule has 2 saturated heterocycles. The molecule has 7 rings (SSSR count). The molecule has 2 atom stereocenters. The molecule has 0 aliphatic carbocycles. The molecule has 3 aromatic rings. The van der Waals surface area contributed by atoms with E-state index in [1.165, 1.54) is 6.07 Å². The molecule has 13 nitrogen and oxygen atoms in total. The van der Waals surface area contributed by atoms with E-state index in [1.54, 1.807) is 30.0 Å². The Kier molecular flexibility index (Phi) is 9.31. The summed E-state index contributed by atoms with van der Waals surface area (Å²) in [6, 6.07) is 13.2. The standard InChI is InChI=1S/C33H39N7O6/c1-21-35-25(15-30(41)36-21)17-39-18-28-29(19-39)46-26-6-4-22(5-7-26)16-34-31(42)20-45-27-13-23(32(43)37-28)12-24(14-27)33(44)40-9-3-8-38(2)10-11-40/h4-7,12-15,28-29H,3,8-11,16-20H2,1-2H3,(H,34,42)(H,37,43)(H,35,36,41)/t28-,29-/m0/s1. The third-order valence-corrected chi connectivity index (χ3v) is 8.45. The van der Waals surface area contributed by atoms with E-state index in [1.807, 2.05) is 31.3 Å². The third-order valence-electron chi connectivity index (χ3n) is 8.45. The molecule has 0 saturated carbocycles. The van der Waals surface area contributed by atoms with Gasteiger partial charge in [-0.3, -0.25) is 24.1 Å². The number of aromatic amines is 1. The molecule has 5 heterocycles. The summed E-state index contributed by atoms with van der Waals surface area (Å²) in [6.07, 6.45) is 0.433. The van der Waals surface area contributed by atoms with E-state index in [0.717, 1.165) is 25.1 Å². The summed E-state index contributed by atoms with van der Waals surface area (Å²) in [5.74, 6) is 0.483. The molecule has 0 radical (unpaired) electrons. The lowest BCUT2D eigenvalue weighted by atomic mass is 10.1. The van der Waals surface area contributed by atoms with Crippen LogP contribution in [0.5, 0.6) is 11.5 Å². The van der Waals surface area contributed by atoms with Gasteiger partial charge in [0.2, 0.25) is 0 Å². The minimum atomic E-state index is -0.418. The Bertz CT molecular complexity index is 1660. The highest BCUT2D eigenvalue weighted by molar-refractivity contribution is 6.00. The topological polar surface area (TPSA) is 149 Å². The fourth-order valence-corrected chi connectivity index (χ4v) is 6.07. The molecule has 2 fully saturated rings. The van der Waals surface area contributed by atoms with Crippen LogP contribution in [0.3, 0.4) is 0 Å². The summed E-state index contributed by atoms with van der Waals surface area (Å²) in [6.45, 7) is 5.93. The van der Waals surface area contributed by atoms with Crippen molar-refractivity contribution in [3.8, 4) is 11.5 Å². The van der Waals surface area contributed by atoms with Gasteiger partial charge in [-0.2, -0.15) is 0 Å². The molecular formula is C33H39N7O6. The van der Waals surface area contributed by atoms with Gasteiger partial charge in [-0.25, -0.2) is 4.98 Å². The number of nitrogens with zero attached hydrogens (tertiary/aromatic N) is 4. The van der Waals surface area contributed by atoms with E-state index >= 15 is 0 Å². The van der Waals surface area contributed by atoms with Crippen molar-refractivity contribution in [2.24, 2.45) is 0 Å². The number of carbonyl (C=O) groups excluding carboxylic acids is 3. The zero-order valence-electron chi connectivity index (χ0n) is 26.1. The van der Waals surface area contributed by atoms with Gasteiger partial charge in [0, 0.05) is 63.0 Å². The van der Waals surface area contributed by atoms with Crippen molar-refractivity contribution in [1.29, 1.82) is 0 Å². The number of carbonyl (C=O) groups is 3. The van der Waals surface area contributed by atoms with Crippen molar-refractivity contribution in [3.63, 3.8) is 0 Å². The number of ether oxygens (including phenoxy) is 2. The lowest BCUT2D eigenvalue weighted by Crippen LogP contribution is -2.45. The van der Waals surface area contributed by atoms with Crippen LogP contribution < -0.4 is 25.7 Å². The fraction of sp³-hybridized carbons (Fsp3) is 0.424. The van der Waals surface area contributed by atoms with Gasteiger partial charge in [0.25, 0.3) is 23.3 Å². The Morgan fingerprint density at radius 2 is 1.80 bits per heavy atom. The Morgan fingerprint density at radius 3 is 2.61 bits per heavy atom. The first kappa shape index (κ1) is 31.2. The van der Waals surface area contributed by atoms with Crippen LogP contribution in [0.1, 0.15) is 44.2 Å². The van der Waals surface area contributed by atoms with Crippen molar-refractivity contribution >= 4 is 17.7 Å². The summed E-state index contributed by atoms with van der Waals surface area (Å²) in [7, 11) is 2.03. The second kappa shape index (κ2) is 13.7. The lowest BCUT2D eigenvalue weighted by molar-refractivity contribution is -0.123. The van der Waals surface area contributed by atoms with E-state index in [4.69, 9.17) is 9.47 Å². The molecule has 4 aliphatic rings. The minimum absolute atomic E-state index is 0.194. The van der Waals surface area contributed by atoms with Gasteiger partial charge in [0.15, 0.2) is 6.61 Å². The molecule has 3 amide bonds. The smallest absolute Gasteiger partial charge is 0.258 e. The second-order valence-electron chi connectivity index (χ2n) is 12.2. The highest BCUT2D eigenvalue weighted by atomic mass is 16.5. The second-order valence-corrected chi connectivity index (χ2v) is 12.2. The number of rotatable bonds is 3. The minimum Gasteiger partial charge on any atom is -0.487 e. The van der Waals surface area contributed by atoms with Crippen LogP contribution in [0.15, 0.2) is 53.3 Å². The first-order chi connectivity index (χ1) is 22.2. The largest absolute Gasteiger partial charge is 0.487 e. The summed E-state index contributed by atoms with van der Waals surface area (Å²) < 4.78 is 12.2. The van der Waals surface area contributed by atoms with Gasteiger partial charge in [-0.15, -0.1) is 0 Å². The number of hydrogen-bond acceptors (Lipinski definition) is 9. The molecular weight excluding hydrogens is 590 g/mol. The van der Waals surface area contributed by atoms with Crippen molar-refractivity contribution < 1.29 is 23.9 Å². The number of aryl methyl sites for hydroxylation is 1. The maximum atomic E-state index is 13.8. The van der Waals surface area contributed by atoms with Gasteiger partial charge in [0.1, 0.15) is 23.4 Å². The van der Waals surface area contributed by atoms with Crippen LogP contribution >= 0.6 is 0 Å². The summed E-state index contributed by atoms with van der Waals surface area (Å²) >= 11 is 0. The van der Waals surface area contributed by atoms with Gasteiger partial charge < -0.3 is 34.9 Å². The predicted octanol–water partition coefficient (Wildman–Crippen LogP) is 0.926. The SMILES string of the molecule is Cc1nc(CN2C[C@@H]3NC(=O)c4cc(cc(C(=O)N5CCCN(C)CC5)c4)OCC(=O)NCc4ccc(cc4)O[C@H]3C2)cc(=O)[nH]1.